The van der Waals surface area contributed by atoms with Crippen LogP contribution in [0.5, 0.6) is 5.75 Å². The average Bonchev–Trinajstić information content (AvgIpc) is 2.59. The molecule has 1 N–H and O–H groups in total. The standard InChI is InChI=1S/C18H19ClFNO3/c1-18(23-2,13-6-5-7-14(19)10-13)12-21-17(22)11-24-16-9-4-3-8-15(16)20/h3-10H,11-12H2,1-2H3,(H,21,22)/t18-/m1/s1. The fourth-order valence-electron chi connectivity index (χ4n) is 2.13. The van der Waals surface area contributed by atoms with E-state index in [-0.39, 0.29) is 24.8 Å². The van der Waals surface area contributed by atoms with Crippen LogP contribution in [0.1, 0.15) is 12.5 Å². The van der Waals surface area contributed by atoms with E-state index in [9.17, 15) is 9.18 Å². The SMILES string of the molecule is CO[C@](C)(CNC(=O)COc1ccccc1F)c1cccc(Cl)c1. The van der Waals surface area contributed by atoms with Crippen LogP contribution in [0.4, 0.5) is 4.39 Å². The molecule has 1 atom stereocenters. The van der Waals surface area contributed by atoms with Crippen molar-refractivity contribution in [2.75, 3.05) is 20.3 Å². The molecular weight excluding hydrogens is 333 g/mol. The molecule has 0 saturated carbocycles. The van der Waals surface area contributed by atoms with Gasteiger partial charge in [-0.2, -0.15) is 0 Å². The van der Waals surface area contributed by atoms with Crippen LogP contribution in [0, 0.1) is 5.82 Å². The fourth-order valence-corrected chi connectivity index (χ4v) is 2.32. The second-order valence-electron chi connectivity index (χ2n) is 5.44. The number of carbonyl (C=O) groups is 1. The third-order valence-corrected chi connectivity index (χ3v) is 3.94. The first-order chi connectivity index (χ1) is 11.4. The van der Waals surface area contributed by atoms with E-state index in [4.69, 9.17) is 21.1 Å². The van der Waals surface area contributed by atoms with Crippen molar-refractivity contribution in [3.05, 3.63) is 64.9 Å². The minimum Gasteiger partial charge on any atom is -0.481 e. The van der Waals surface area contributed by atoms with Gasteiger partial charge in [-0.15, -0.1) is 0 Å². The summed E-state index contributed by atoms with van der Waals surface area (Å²) in [5.41, 5.74) is 0.103. The highest BCUT2D eigenvalue weighted by Crippen LogP contribution is 2.26. The Kier molecular flexibility index (Phi) is 6.17. The number of ether oxygens (including phenoxy) is 2. The number of para-hydroxylation sites is 1. The van der Waals surface area contributed by atoms with Crippen molar-refractivity contribution in [1.82, 2.24) is 5.32 Å². The van der Waals surface area contributed by atoms with Gasteiger partial charge in [-0.25, -0.2) is 4.39 Å². The van der Waals surface area contributed by atoms with Gasteiger partial charge in [-0.1, -0.05) is 35.9 Å². The summed E-state index contributed by atoms with van der Waals surface area (Å²) < 4.78 is 24.1. The third-order valence-electron chi connectivity index (χ3n) is 3.70. The molecule has 2 rings (SSSR count). The number of hydrogen-bond acceptors (Lipinski definition) is 3. The molecule has 4 nitrogen and oxygen atoms in total. The summed E-state index contributed by atoms with van der Waals surface area (Å²) in [6.45, 7) is 1.79. The van der Waals surface area contributed by atoms with E-state index in [1.165, 1.54) is 12.1 Å². The molecule has 0 spiro atoms. The lowest BCUT2D eigenvalue weighted by Crippen LogP contribution is -2.41. The van der Waals surface area contributed by atoms with Gasteiger partial charge in [0.2, 0.25) is 0 Å². The number of benzene rings is 2. The van der Waals surface area contributed by atoms with Gasteiger partial charge in [-0.3, -0.25) is 4.79 Å². The third kappa shape index (κ3) is 4.69. The van der Waals surface area contributed by atoms with Crippen molar-refractivity contribution in [2.45, 2.75) is 12.5 Å². The van der Waals surface area contributed by atoms with Crippen molar-refractivity contribution < 1.29 is 18.7 Å². The molecule has 24 heavy (non-hydrogen) atoms. The van der Waals surface area contributed by atoms with Gasteiger partial charge >= 0.3 is 0 Å². The molecule has 1 amide bonds. The van der Waals surface area contributed by atoms with Crippen LogP contribution in [-0.2, 0) is 15.1 Å². The predicted octanol–water partition coefficient (Wildman–Crippen LogP) is 3.54. The largest absolute Gasteiger partial charge is 0.481 e. The van der Waals surface area contributed by atoms with Crippen LogP contribution in [-0.4, -0.2) is 26.2 Å². The van der Waals surface area contributed by atoms with Gasteiger partial charge < -0.3 is 14.8 Å². The van der Waals surface area contributed by atoms with Crippen LogP contribution in [0.25, 0.3) is 0 Å². The second-order valence-corrected chi connectivity index (χ2v) is 5.88. The van der Waals surface area contributed by atoms with E-state index in [1.54, 1.807) is 31.4 Å². The van der Waals surface area contributed by atoms with Crippen LogP contribution in [0.3, 0.4) is 0 Å². The van der Waals surface area contributed by atoms with Crippen molar-refractivity contribution >= 4 is 17.5 Å². The van der Waals surface area contributed by atoms with E-state index < -0.39 is 11.4 Å². The number of carbonyl (C=O) groups excluding carboxylic acids is 1. The molecule has 0 aromatic heterocycles. The van der Waals surface area contributed by atoms with Gasteiger partial charge in [0.15, 0.2) is 18.2 Å². The maximum atomic E-state index is 13.4. The molecule has 0 radical (unpaired) electrons. The number of hydrogen-bond donors (Lipinski definition) is 1. The molecule has 0 unspecified atom stereocenters. The molecule has 2 aromatic rings. The van der Waals surface area contributed by atoms with Gasteiger partial charge in [-0.05, 0) is 36.8 Å². The zero-order valence-corrected chi connectivity index (χ0v) is 14.3. The summed E-state index contributed by atoms with van der Waals surface area (Å²) in [4.78, 5) is 11.9. The Morgan fingerprint density at radius 3 is 2.67 bits per heavy atom. The number of rotatable bonds is 7. The molecule has 0 aliphatic rings. The highest BCUT2D eigenvalue weighted by atomic mass is 35.5. The van der Waals surface area contributed by atoms with Crippen LogP contribution < -0.4 is 10.1 Å². The molecule has 0 fully saturated rings. The maximum absolute atomic E-state index is 13.4. The average molecular weight is 352 g/mol. The molecule has 6 heteroatoms. The summed E-state index contributed by atoms with van der Waals surface area (Å²) in [7, 11) is 1.56. The van der Waals surface area contributed by atoms with Crippen LogP contribution in [0.2, 0.25) is 5.02 Å². The highest BCUT2D eigenvalue weighted by Gasteiger charge is 2.27. The molecule has 0 aliphatic carbocycles. The lowest BCUT2D eigenvalue weighted by Gasteiger charge is -2.29. The normalized spacial score (nSPS) is 13.2. The van der Waals surface area contributed by atoms with Gasteiger partial charge in [0.05, 0.1) is 6.54 Å². The molecule has 0 bridgehead atoms. The Balaban J connectivity index is 1.93. The number of nitrogens with one attached hydrogen (secondary N) is 1. The first-order valence-electron chi connectivity index (χ1n) is 7.40. The van der Waals surface area contributed by atoms with Crippen LogP contribution >= 0.6 is 11.6 Å². The summed E-state index contributed by atoms with van der Waals surface area (Å²) in [5, 5.41) is 3.32. The molecule has 0 saturated heterocycles. The summed E-state index contributed by atoms with van der Waals surface area (Å²) in [6, 6.07) is 13.2. The summed E-state index contributed by atoms with van der Waals surface area (Å²) >= 11 is 6.00. The van der Waals surface area contributed by atoms with Crippen molar-refractivity contribution in [3.8, 4) is 5.75 Å². The predicted molar refractivity (Wildman–Crippen MR) is 90.7 cm³/mol. The first-order valence-corrected chi connectivity index (χ1v) is 7.77. The lowest BCUT2D eigenvalue weighted by atomic mass is 9.95. The Hall–Kier alpha value is -2.11. The smallest absolute Gasteiger partial charge is 0.258 e. The van der Waals surface area contributed by atoms with E-state index in [1.807, 2.05) is 19.1 Å². The van der Waals surface area contributed by atoms with Crippen molar-refractivity contribution in [2.24, 2.45) is 0 Å². The molecule has 2 aromatic carbocycles. The number of halogens is 2. The highest BCUT2D eigenvalue weighted by molar-refractivity contribution is 6.30. The Bertz CT molecular complexity index is 710. The van der Waals surface area contributed by atoms with Gasteiger partial charge in [0, 0.05) is 12.1 Å². The Morgan fingerprint density at radius 2 is 2.00 bits per heavy atom. The lowest BCUT2D eigenvalue weighted by molar-refractivity contribution is -0.124. The zero-order chi connectivity index (χ0) is 17.6. The Morgan fingerprint density at radius 1 is 1.25 bits per heavy atom. The second kappa shape index (κ2) is 8.13. The zero-order valence-electron chi connectivity index (χ0n) is 13.5. The van der Waals surface area contributed by atoms with Gasteiger partial charge in [0.25, 0.3) is 5.91 Å². The number of methoxy groups -OCH3 is 1. The monoisotopic (exact) mass is 351 g/mol. The summed E-state index contributed by atoms with van der Waals surface area (Å²) in [6.07, 6.45) is 0. The van der Waals surface area contributed by atoms with E-state index in [0.29, 0.717) is 5.02 Å². The quantitative estimate of drug-likeness (QED) is 0.830. The maximum Gasteiger partial charge on any atom is 0.258 e. The molecule has 0 aliphatic heterocycles. The van der Waals surface area contributed by atoms with Crippen molar-refractivity contribution in [1.29, 1.82) is 0 Å². The van der Waals surface area contributed by atoms with Gasteiger partial charge in [0.1, 0.15) is 5.60 Å². The fraction of sp³-hybridized carbons (Fsp3) is 0.278. The number of amides is 1. The van der Waals surface area contributed by atoms with Crippen LogP contribution in [0.15, 0.2) is 48.5 Å². The summed E-state index contributed by atoms with van der Waals surface area (Å²) in [5.74, 6) is -0.841. The van der Waals surface area contributed by atoms with Crippen molar-refractivity contribution in [3.63, 3.8) is 0 Å². The molecule has 128 valence electrons. The van der Waals surface area contributed by atoms with E-state index in [2.05, 4.69) is 5.32 Å². The van der Waals surface area contributed by atoms with E-state index in [0.717, 1.165) is 5.56 Å². The molecule has 0 heterocycles. The minimum absolute atomic E-state index is 0.0389. The van der Waals surface area contributed by atoms with E-state index >= 15 is 0 Å². The minimum atomic E-state index is -0.738. The molecular formula is C18H19ClFNO3. The Labute approximate surface area is 145 Å². The first kappa shape index (κ1) is 18.2. The topological polar surface area (TPSA) is 47.6 Å².